The molecule has 0 radical (unpaired) electrons. The Balaban J connectivity index is 1.35. The molecule has 0 N–H and O–H groups in total. The molecule has 0 saturated heterocycles. The van der Waals surface area contributed by atoms with E-state index in [0.29, 0.717) is 37.9 Å². The molecule has 0 amide bonds. The van der Waals surface area contributed by atoms with Gasteiger partial charge in [-0.15, -0.1) is 11.3 Å². The van der Waals surface area contributed by atoms with Crippen LogP contribution in [-0.4, -0.2) is 0 Å². The second kappa shape index (κ2) is 5.53. The molecule has 0 aliphatic heterocycles. The first-order chi connectivity index (χ1) is 14.4. The maximum absolute atomic E-state index is 13.2. The lowest BCUT2D eigenvalue weighted by molar-refractivity contribution is -0.109. The van der Waals surface area contributed by atoms with Crippen LogP contribution in [0, 0.1) is 33.5 Å². The van der Waals surface area contributed by atoms with Gasteiger partial charge in [-0.05, 0) is 123 Å². The van der Waals surface area contributed by atoms with Crippen molar-refractivity contribution < 1.29 is 0 Å². The molecular weight excluding hydrogens is 396 g/mol. The van der Waals surface area contributed by atoms with Gasteiger partial charge in [-0.3, -0.25) is 4.79 Å². The molecule has 8 aliphatic rings. The van der Waals surface area contributed by atoms with Crippen LogP contribution >= 0.6 is 11.3 Å². The zero-order valence-corrected chi connectivity index (χ0v) is 20.9. The molecule has 31 heavy (non-hydrogen) atoms. The average molecular weight is 437 g/mol. The maximum atomic E-state index is 13.2. The first kappa shape index (κ1) is 19.8. The van der Waals surface area contributed by atoms with Gasteiger partial charge in [-0.25, -0.2) is 0 Å². The summed E-state index contributed by atoms with van der Waals surface area (Å²) < 4.78 is 0. The van der Waals surface area contributed by atoms with Gasteiger partial charge in [-0.2, -0.15) is 0 Å². The zero-order chi connectivity index (χ0) is 21.5. The standard InChI is InChI=1S/C29H40OS/c1-24-7-19-8-25(2,13-24)16-28(11-19,15-24)22-5-21(30)6-23(31-22)29-12-20-9-26(3,17-29)14-27(4,10-20)18-29/h5-6,19-20H,7-18H2,1-4H3. The summed E-state index contributed by atoms with van der Waals surface area (Å²) in [5, 5.41) is 0. The third-order valence-corrected chi connectivity index (χ3v) is 12.6. The Morgan fingerprint density at radius 2 is 0.968 bits per heavy atom. The van der Waals surface area contributed by atoms with Gasteiger partial charge in [0, 0.05) is 20.6 Å². The monoisotopic (exact) mass is 436 g/mol. The molecule has 8 aliphatic carbocycles. The molecule has 4 unspecified atom stereocenters. The summed E-state index contributed by atoms with van der Waals surface area (Å²) >= 11 is 2.11. The van der Waals surface area contributed by atoms with Crippen LogP contribution in [0.25, 0.3) is 0 Å². The Kier molecular flexibility index (Phi) is 3.53. The summed E-state index contributed by atoms with van der Waals surface area (Å²) in [6.45, 7) is 10.3. The Morgan fingerprint density at radius 3 is 1.29 bits per heavy atom. The van der Waals surface area contributed by atoms with Gasteiger partial charge in [0.1, 0.15) is 0 Å². The Labute approximate surface area is 192 Å². The number of hydrogen-bond acceptors (Lipinski definition) is 2. The minimum absolute atomic E-state index is 0.291. The lowest BCUT2D eigenvalue weighted by Crippen LogP contribution is -2.57. The minimum atomic E-state index is 0.291. The van der Waals surface area contributed by atoms with Crippen molar-refractivity contribution in [3.8, 4) is 0 Å². The number of hydrogen-bond donors (Lipinski definition) is 0. The summed E-state index contributed by atoms with van der Waals surface area (Å²) in [6, 6.07) is 4.19. The predicted molar refractivity (Wildman–Crippen MR) is 129 cm³/mol. The fourth-order valence-corrected chi connectivity index (χ4v) is 13.9. The lowest BCUT2D eigenvalue weighted by Gasteiger charge is -2.66. The summed E-state index contributed by atoms with van der Waals surface area (Å²) in [5.74, 6) is 1.77. The topological polar surface area (TPSA) is 17.1 Å². The van der Waals surface area contributed by atoms with E-state index in [1.54, 1.807) is 0 Å². The van der Waals surface area contributed by atoms with Crippen molar-refractivity contribution in [3.63, 3.8) is 0 Å². The van der Waals surface area contributed by atoms with Crippen molar-refractivity contribution in [1.82, 2.24) is 0 Å². The maximum Gasteiger partial charge on any atom is 0.180 e. The second-order valence-corrected chi connectivity index (χ2v) is 16.4. The summed E-state index contributed by atoms with van der Waals surface area (Å²) in [4.78, 5) is 16.2. The van der Waals surface area contributed by atoms with Crippen LogP contribution in [0.3, 0.4) is 0 Å². The molecule has 8 bridgehead atoms. The quantitative estimate of drug-likeness (QED) is 0.466. The van der Waals surface area contributed by atoms with Gasteiger partial charge in [0.2, 0.25) is 0 Å². The van der Waals surface area contributed by atoms with E-state index in [1.165, 1.54) is 86.8 Å². The van der Waals surface area contributed by atoms with Gasteiger partial charge < -0.3 is 0 Å². The normalized spacial score (nSPS) is 56.4. The predicted octanol–water partition coefficient (Wildman–Crippen LogP) is 7.60. The van der Waals surface area contributed by atoms with Gasteiger partial charge in [0.05, 0.1) is 0 Å². The van der Waals surface area contributed by atoms with Crippen LogP contribution in [0.15, 0.2) is 16.9 Å². The van der Waals surface area contributed by atoms with Crippen molar-refractivity contribution in [2.24, 2.45) is 33.5 Å². The molecular formula is C29H40OS. The van der Waals surface area contributed by atoms with Gasteiger partial charge >= 0.3 is 0 Å². The van der Waals surface area contributed by atoms with Crippen LogP contribution in [-0.2, 0) is 10.8 Å². The average Bonchev–Trinajstić information content (AvgIpc) is 2.54. The van der Waals surface area contributed by atoms with E-state index in [4.69, 9.17) is 0 Å². The molecule has 168 valence electrons. The van der Waals surface area contributed by atoms with E-state index in [1.807, 2.05) is 0 Å². The molecule has 4 atom stereocenters. The largest absolute Gasteiger partial charge is 0.290 e. The lowest BCUT2D eigenvalue weighted by atomic mass is 9.40. The van der Waals surface area contributed by atoms with Crippen molar-refractivity contribution >= 4 is 11.3 Å². The fourth-order valence-electron chi connectivity index (χ4n) is 12.4. The van der Waals surface area contributed by atoms with E-state index in [-0.39, 0.29) is 0 Å². The van der Waals surface area contributed by atoms with Crippen LogP contribution in [0.5, 0.6) is 0 Å². The summed E-state index contributed by atoms with van der Waals surface area (Å²) in [6.07, 6.45) is 16.6. The van der Waals surface area contributed by atoms with E-state index >= 15 is 0 Å². The minimum Gasteiger partial charge on any atom is -0.290 e. The highest BCUT2D eigenvalue weighted by molar-refractivity contribution is 7.12. The highest BCUT2D eigenvalue weighted by Crippen LogP contribution is 2.72. The van der Waals surface area contributed by atoms with Crippen LogP contribution in [0.1, 0.15) is 114 Å². The molecule has 8 saturated carbocycles. The first-order valence-electron chi connectivity index (χ1n) is 13.1. The van der Waals surface area contributed by atoms with E-state index in [2.05, 4.69) is 51.2 Å². The van der Waals surface area contributed by atoms with E-state index < -0.39 is 0 Å². The van der Waals surface area contributed by atoms with Crippen LogP contribution < -0.4 is 5.43 Å². The van der Waals surface area contributed by atoms with Crippen molar-refractivity contribution in [2.45, 2.75) is 116 Å². The molecule has 9 rings (SSSR count). The van der Waals surface area contributed by atoms with Crippen molar-refractivity contribution in [2.75, 3.05) is 0 Å². The zero-order valence-electron chi connectivity index (χ0n) is 20.1. The van der Waals surface area contributed by atoms with Gasteiger partial charge in [0.25, 0.3) is 0 Å². The molecule has 1 nitrogen and oxygen atoms in total. The van der Waals surface area contributed by atoms with Crippen LogP contribution in [0.4, 0.5) is 0 Å². The molecule has 0 spiro atoms. The molecule has 1 aromatic heterocycles. The number of rotatable bonds is 2. The molecule has 1 heterocycles. The highest BCUT2D eigenvalue weighted by Gasteiger charge is 2.63. The molecule has 1 aromatic rings. The highest BCUT2D eigenvalue weighted by atomic mass is 32.1. The Morgan fingerprint density at radius 1 is 0.613 bits per heavy atom. The summed E-state index contributed by atoms with van der Waals surface area (Å²) in [7, 11) is 0. The first-order valence-corrected chi connectivity index (χ1v) is 13.9. The smallest absolute Gasteiger partial charge is 0.180 e. The van der Waals surface area contributed by atoms with Gasteiger partial charge in [0.15, 0.2) is 5.43 Å². The third-order valence-electron chi connectivity index (χ3n) is 11.1. The van der Waals surface area contributed by atoms with E-state index in [0.717, 1.165) is 11.8 Å². The molecule has 8 fully saturated rings. The second-order valence-electron chi connectivity index (χ2n) is 15.3. The Bertz CT molecular complexity index is 920. The van der Waals surface area contributed by atoms with Gasteiger partial charge in [-0.1, -0.05) is 27.7 Å². The van der Waals surface area contributed by atoms with Crippen molar-refractivity contribution in [1.29, 1.82) is 0 Å². The van der Waals surface area contributed by atoms with Crippen molar-refractivity contribution in [3.05, 3.63) is 32.1 Å². The fraction of sp³-hybridized carbons (Fsp3) is 0.828. The Hall–Kier alpha value is -0.630. The molecule has 2 heteroatoms. The third kappa shape index (κ3) is 2.75. The van der Waals surface area contributed by atoms with E-state index in [9.17, 15) is 4.79 Å². The van der Waals surface area contributed by atoms with Crippen LogP contribution in [0.2, 0.25) is 0 Å². The SMILES string of the molecule is CC12CC3CC(C)(C1)CC(c1cc(=O)cc(C45CC6CC(C)(CC(C)(C6)C4)C5)s1)(C3)C2. The summed E-state index contributed by atoms with van der Waals surface area (Å²) in [5.41, 5.74) is 2.89. The molecule has 0 aromatic carbocycles.